The van der Waals surface area contributed by atoms with Gasteiger partial charge in [0.05, 0.1) is 8.66 Å². The molecular weight excluding hydrogens is 296 g/mol. The zero-order valence-electron chi connectivity index (χ0n) is 8.21. The molecule has 0 spiro atoms. The van der Waals surface area contributed by atoms with Gasteiger partial charge in [0.1, 0.15) is 5.15 Å². The van der Waals surface area contributed by atoms with Crippen LogP contribution in [0.1, 0.15) is 11.3 Å². The number of halogens is 2. The van der Waals surface area contributed by atoms with Gasteiger partial charge in [0.15, 0.2) is 5.82 Å². The molecule has 5 heteroatoms. The fraction of sp³-hybridized carbons (Fsp3) is 0.200. The highest BCUT2D eigenvalue weighted by atomic mass is 79.9. The number of aryl methyl sites for hydroxylation is 1. The molecule has 78 valence electrons. The molecular formula is C10H8BrClN2S. The van der Waals surface area contributed by atoms with E-state index in [-0.39, 0.29) is 0 Å². The molecule has 2 aromatic rings. The van der Waals surface area contributed by atoms with Crippen LogP contribution in [0.2, 0.25) is 5.15 Å². The summed E-state index contributed by atoms with van der Waals surface area (Å²) in [7, 11) is 0. The smallest absolute Gasteiger partial charge is 0.171 e. The van der Waals surface area contributed by atoms with Crippen molar-refractivity contribution < 1.29 is 0 Å². The van der Waals surface area contributed by atoms with Crippen molar-refractivity contribution in [2.24, 2.45) is 0 Å². The monoisotopic (exact) mass is 302 g/mol. The summed E-state index contributed by atoms with van der Waals surface area (Å²) < 4.78 is 1.07. The van der Waals surface area contributed by atoms with E-state index in [1.54, 1.807) is 11.3 Å². The number of rotatable bonds is 1. The Morgan fingerprint density at radius 3 is 2.53 bits per heavy atom. The topological polar surface area (TPSA) is 25.8 Å². The summed E-state index contributed by atoms with van der Waals surface area (Å²) in [5, 5.41) is 0.530. The Balaban J connectivity index is 2.55. The van der Waals surface area contributed by atoms with Gasteiger partial charge < -0.3 is 0 Å². The van der Waals surface area contributed by atoms with Gasteiger partial charge in [-0.15, -0.1) is 11.3 Å². The first-order valence-corrected chi connectivity index (χ1v) is 6.33. The van der Waals surface area contributed by atoms with Crippen LogP contribution in [0.3, 0.4) is 0 Å². The summed E-state index contributed by atoms with van der Waals surface area (Å²) in [6.07, 6.45) is 0. The van der Waals surface area contributed by atoms with Crippen LogP contribution < -0.4 is 0 Å². The lowest BCUT2D eigenvalue weighted by atomic mass is 10.3. The molecule has 0 saturated heterocycles. The van der Waals surface area contributed by atoms with Gasteiger partial charge in [-0.2, -0.15) is 0 Å². The first-order valence-electron chi connectivity index (χ1n) is 4.34. The standard InChI is InChI=1S/C10H8BrClN2S/c1-5-6(2)13-10(14-9(5)12)7-3-4-8(11)15-7/h3-4H,1-2H3. The minimum Gasteiger partial charge on any atom is -0.232 e. The molecule has 2 aromatic heterocycles. The Morgan fingerprint density at radius 2 is 2.00 bits per heavy atom. The quantitative estimate of drug-likeness (QED) is 0.737. The van der Waals surface area contributed by atoms with Crippen LogP contribution in [0.5, 0.6) is 0 Å². The molecule has 15 heavy (non-hydrogen) atoms. The minimum atomic E-state index is 0.530. The van der Waals surface area contributed by atoms with Gasteiger partial charge >= 0.3 is 0 Å². The van der Waals surface area contributed by atoms with Gasteiger partial charge in [-0.25, -0.2) is 9.97 Å². The molecule has 2 heterocycles. The molecule has 0 saturated carbocycles. The summed E-state index contributed by atoms with van der Waals surface area (Å²) in [6.45, 7) is 3.86. The maximum absolute atomic E-state index is 6.02. The molecule has 0 atom stereocenters. The highest BCUT2D eigenvalue weighted by molar-refractivity contribution is 9.11. The zero-order chi connectivity index (χ0) is 11.0. The van der Waals surface area contributed by atoms with E-state index in [4.69, 9.17) is 11.6 Å². The van der Waals surface area contributed by atoms with Gasteiger partial charge in [0.25, 0.3) is 0 Å². The van der Waals surface area contributed by atoms with Crippen molar-refractivity contribution in [3.8, 4) is 10.7 Å². The molecule has 0 amide bonds. The van der Waals surface area contributed by atoms with Gasteiger partial charge in [-0.3, -0.25) is 0 Å². The van der Waals surface area contributed by atoms with E-state index in [9.17, 15) is 0 Å². The maximum Gasteiger partial charge on any atom is 0.171 e. The van der Waals surface area contributed by atoms with Gasteiger partial charge in [-0.1, -0.05) is 11.6 Å². The molecule has 0 aliphatic heterocycles. The lowest BCUT2D eigenvalue weighted by molar-refractivity contribution is 1.08. The van der Waals surface area contributed by atoms with Crippen LogP contribution in [-0.2, 0) is 0 Å². The lowest BCUT2D eigenvalue weighted by Gasteiger charge is -2.03. The highest BCUT2D eigenvalue weighted by Gasteiger charge is 2.09. The van der Waals surface area contributed by atoms with Crippen LogP contribution in [0.4, 0.5) is 0 Å². The SMILES string of the molecule is Cc1nc(-c2ccc(Br)s2)nc(Cl)c1C. The van der Waals surface area contributed by atoms with Gasteiger partial charge in [-0.05, 0) is 41.9 Å². The van der Waals surface area contributed by atoms with Crippen molar-refractivity contribution in [3.63, 3.8) is 0 Å². The van der Waals surface area contributed by atoms with E-state index < -0.39 is 0 Å². The molecule has 0 aromatic carbocycles. The number of aromatic nitrogens is 2. The maximum atomic E-state index is 6.02. The molecule has 2 rings (SSSR count). The summed E-state index contributed by atoms with van der Waals surface area (Å²) in [6, 6.07) is 3.96. The summed E-state index contributed by atoms with van der Waals surface area (Å²) in [4.78, 5) is 9.69. The zero-order valence-corrected chi connectivity index (χ0v) is 11.4. The fourth-order valence-corrected chi connectivity index (χ4v) is 2.68. The number of thiophene rings is 1. The third kappa shape index (κ3) is 2.22. The van der Waals surface area contributed by atoms with E-state index in [1.807, 2.05) is 26.0 Å². The van der Waals surface area contributed by atoms with Gasteiger partial charge in [0.2, 0.25) is 0 Å². The van der Waals surface area contributed by atoms with Crippen LogP contribution >= 0.6 is 38.9 Å². The van der Waals surface area contributed by atoms with Gasteiger partial charge in [0, 0.05) is 11.3 Å². The highest BCUT2D eigenvalue weighted by Crippen LogP contribution is 2.30. The fourth-order valence-electron chi connectivity index (χ4n) is 1.14. The number of nitrogens with zero attached hydrogens (tertiary/aromatic N) is 2. The third-order valence-corrected chi connectivity index (χ3v) is 4.11. The average molecular weight is 304 g/mol. The van der Waals surface area contributed by atoms with Crippen molar-refractivity contribution in [2.75, 3.05) is 0 Å². The molecule has 0 fully saturated rings. The molecule has 0 aliphatic rings. The van der Waals surface area contributed by atoms with E-state index in [0.717, 1.165) is 19.9 Å². The first kappa shape index (κ1) is 11.0. The van der Waals surface area contributed by atoms with E-state index in [1.165, 1.54) is 0 Å². The Kier molecular flexibility index (Phi) is 3.09. The normalized spacial score (nSPS) is 10.7. The van der Waals surface area contributed by atoms with Crippen molar-refractivity contribution >= 4 is 38.9 Å². The third-order valence-electron chi connectivity index (χ3n) is 2.12. The second-order valence-corrected chi connectivity index (χ2v) is 5.97. The van der Waals surface area contributed by atoms with Crippen LogP contribution in [-0.4, -0.2) is 9.97 Å². The lowest BCUT2D eigenvalue weighted by Crippen LogP contribution is -1.95. The Hall–Kier alpha value is -0.450. The summed E-state index contributed by atoms with van der Waals surface area (Å²) in [5.41, 5.74) is 1.87. The van der Waals surface area contributed by atoms with E-state index in [2.05, 4.69) is 25.9 Å². The Morgan fingerprint density at radius 1 is 1.27 bits per heavy atom. The summed E-state index contributed by atoms with van der Waals surface area (Å²) >= 11 is 11.0. The molecule has 0 radical (unpaired) electrons. The molecule has 0 unspecified atom stereocenters. The molecule has 0 bridgehead atoms. The molecule has 0 N–H and O–H groups in total. The van der Waals surface area contributed by atoms with Crippen LogP contribution in [0.25, 0.3) is 10.7 Å². The van der Waals surface area contributed by atoms with Crippen LogP contribution in [0, 0.1) is 13.8 Å². The molecule has 2 nitrogen and oxygen atoms in total. The van der Waals surface area contributed by atoms with E-state index >= 15 is 0 Å². The van der Waals surface area contributed by atoms with Crippen molar-refractivity contribution in [1.29, 1.82) is 0 Å². The van der Waals surface area contributed by atoms with Crippen molar-refractivity contribution in [3.05, 3.63) is 32.3 Å². The van der Waals surface area contributed by atoms with Crippen molar-refractivity contribution in [2.45, 2.75) is 13.8 Å². The second-order valence-electron chi connectivity index (χ2n) is 3.15. The number of hydrogen-bond donors (Lipinski definition) is 0. The Labute approximate surface area is 105 Å². The summed E-state index contributed by atoms with van der Waals surface area (Å²) in [5.74, 6) is 0.693. The number of hydrogen-bond acceptors (Lipinski definition) is 3. The Bertz CT molecular complexity index is 487. The van der Waals surface area contributed by atoms with Crippen molar-refractivity contribution in [1.82, 2.24) is 9.97 Å². The average Bonchev–Trinajstić information content (AvgIpc) is 2.60. The largest absolute Gasteiger partial charge is 0.232 e. The first-order chi connectivity index (χ1) is 7.08. The predicted molar refractivity (Wildman–Crippen MR) is 67.5 cm³/mol. The van der Waals surface area contributed by atoms with E-state index in [0.29, 0.717) is 11.0 Å². The minimum absolute atomic E-state index is 0.530. The van der Waals surface area contributed by atoms with Crippen LogP contribution in [0.15, 0.2) is 15.9 Å². The predicted octanol–water partition coefficient (Wildman–Crippen LogP) is 4.24. The molecule has 0 aliphatic carbocycles. The second kappa shape index (κ2) is 4.20.